The lowest BCUT2D eigenvalue weighted by Crippen LogP contribution is -2.50. The molecule has 100 valence electrons. The molecule has 1 aromatic heterocycles. The minimum absolute atomic E-state index is 0.0743. The first kappa shape index (κ1) is 13.1. The lowest BCUT2D eigenvalue weighted by Gasteiger charge is -2.26. The van der Waals surface area contributed by atoms with Crippen LogP contribution in [0.15, 0.2) is 6.20 Å². The molecule has 1 aliphatic rings. The fourth-order valence-electron chi connectivity index (χ4n) is 2.60. The molecule has 2 rings (SSSR count). The van der Waals surface area contributed by atoms with Crippen molar-refractivity contribution < 1.29 is 4.79 Å². The lowest BCUT2D eigenvalue weighted by atomic mass is 9.93. The van der Waals surface area contributed by atoms with Crippen LogP contribution in [0.3, 0.4) is 0 Å². The smallest absolute Gasteiger partial charge is 0.244 e. The van der Waals surface area contributed by atoms with E-state index in [2.05, 4.69) is 22.7 Å². The first-order valence-corrected chi connectivity index (χ1v) is 6.70. The van der Waals surface area contributed by atoms with Gasteiger partial charge < -0.3 is 10.6 Å². The normalized spacial score (nSPS) is 23.3. The van der Waals surface area contributed by atoms with Gasteiger partial charge in [0.1, 0.15) is 0 Å². The highest BCUT2D eigenvalue weighted by Gasteiger charge is 2.39. The summed E-state index contributed by atoms with van der Waals surface area (Å²) in [6.45, 7) is 5.03. The van der Waals surface area contributed by atoms with E-state index in [0.717, 1.165) is 43.6 Å². The first-order chi connectivity index (χ1) is 8.61. The number of hydrogen-bond donors (Lipinski definition) is 2. The van der Waals surface area contributed by atoms with Gasteiger partial charge in [-0.2, -0.15) is 5.10 Å². The van der Waals surface area contributed by atoms with Gasteiger partial charge in [-0.05, 0) is 32.2 Å². The standard InChI is InChI=1S/C13H22N4O/c1-4-10-11(9-17(3)16-10)15-12(18)13(5-2)7-6-8-14-13/h9,14H,4-8H2,1-3H3,(H,15,18). The Morgan fingerprint density at radius 3 is 2.94 bits per heavy atom. The van der Waals surface area contributed by atoms with E-state index in [1.165, 1.54) is 0 Å². The molecule has 1 aromatic rings. The van der Waals surface area contributed by atoms with Crippen molar-refractivity contribution >= 4 is 11.6 Å². The van der Waals surface area contributed by atoms with Crippen LogP contribution in [0.2, 0.25) is 0 Å². The van der Waals surface area contributed by atoms with Crippen molar-refractivity contribution in [3.8, 4) is 0 Å². The highest BCUT2D eigenvalue weighted by atomic mass is 16.2. The molecule has 1 fully saturated rings. The summed E-state index contributed by atoms with van der Waals surface area (Å²) in [5.41, 5.74) is 1.39. The van der Waals surface area contributed by atoms with Gasteiger partial charge in [0.25, 0.3) is 0 Å². The number of nitrogens with one attached hydrogen (secondary N) is 2. The third-order valence-corrected chi connectivity index (χ3v) is 3.77. The monoisotopic (exact) mass is 250 g/mol. The van der Waals surface area contributed by atoms with Crippen LogP contribution in [0.4, 0.5) is 5.69 Å². The largest absolute Gasteiger partial charge is 0.322 e. The average Bonchev–Trinajstić information content (AvgIpc) is 2.96. The van der Waals surface area contributed by atoms with Crippen LogP contribution in [-0.2, 0) is 18.3 Å². The third-order valence-electron chi connectivity index (χ3n) is 3.77. The number of carbonyl (C=O) groups excluding carboxylic acids is 1. The lowest BCUT2D eigenvalue weighted by molar-refractivity contribution is -0.122. The zero-order chi connectivity index (χ0) is 13.2. The van der Waals surface area contributed by atoms with Gasteiger partial charge in [-0.1, -0.05) is 13.8 Å². The van der Waals surface area contributed by atoms with E-state index in [4.69, 9.17) is 0 Å². The number of aryl methyl sites for hydroxylation is 2. The topological polar surface area (TPSA) is 59.0 Å². The molecular formula is C13H22N4O. The van der Waals surface area contributed by atoms with Gasteiger partial charge in [0, 0.05) is 13.2 Å². The maximum absolute atomic E-state index is 12.4. The molecular weight excluding hydrogens is 228 g/mol. The van der Waals surface area contributed by atoms with Crippen LogP contribution in [-0.4, -0.2) is 27.8 Å². The molecule has 2 heterocycles. The van der Waals surface area contributed by atoms with E-state index in [9.17, 15) is 4.79 Å². The molecule has 2 N–H and O–H groups in total. The van der Waals surface area contributed by atoms with E-state index >= 15 is 0 Å². The molecule has 0 aromatic carbocycles. The zero-order valence-electron chi connectivity index (χ0n) is 11.4. The Kier molecular flexibility index (Phi) is 3.71. The number of aromatic nitrogens is 2. The maximum atomic E-state index is 12.4. The minimum Gasteiger partial charge on any atom is -0.322 e. The van der Waals surface area contributed by atoms with Gasteiger partial charge in [-0.3, -0.25) is 9.48 Å². The Labute approximate surface area is 108 Å². The van der Waals surface area contributed by atoms with E-state index in [1.807, 2.05) is 20.2 Å². The molecule has 1 aliphatic heterocycles. The number of nitrogens with zero attached hydrogens (tertiary/aromatic N) is 2. The molecule has 0 bridgehead atoms. The highest BCUT2D eigenvalue weighted by Crippen LogP contribution is 2.25. The minimum atomic E-state index is -0.388. The molecule has 1 saturated heterocycles. The van der Waals surface area contributed by atoms with Gasteiger partial charge in [-0.25, -0.2) is 0 Å². The van der Waals surface area contributed by atoms with E-state index in [0.29, 0.717) is 0 Å². The first-order valence-electron chi connectivity index (χ1n) is 6.70. The van der Waals surface area contributed by atoms with E-state index in [-0.39, 0.29) is 11.4 Å². The van der Waals surface area contributed by atoms with Crippen molar-refractivity contribution in [2.24, 2.45) is 7.05 Å². The molecule has 5 heteroatoms. The average molecular weight is 250 g/mol. The molecule has 1 atom stereocenters. The van der Waals surface area contributed by atoms with Crippen LogP contribution in [0, 0.1) is 0 Å². The van der Waals surface area contributed by atoms with E-state index < -0.39 is 0 Å². The Bertz CT molecular complexity index is 432. The maximum Gasteiger partial charge on any atom is 0.244 e. The number of anilines is 1. The molecule has 0 spiro atoms. The zero-order valence-corrected chi connectivity index (χ0v) is 11.4. The Morgan fingerprint density at radius 1 is 1.61 bits per heavy atom. The summed E-state index contributed by atoms with van der Waals surface area (Å²) in [5, 5.41) is 10.7. The van der Waals surface area contributed by atoms with Crippen molar-refractivity contribution in [1.82, 2.24) is 15.1 Å². The van der Waals surface area contributed by atoms with Gasteiger partial charge in [0.15, 0.2) is 0 Å². The van der Waals surface area contributed by atoms with Crippen molar-refractivity contribution in [1.29, 1.82) is 0 Å². The Hall–Kier alpha value is -1.36. The summed E-state index contributed by atoms with van der Waals surface area (Å²) >= 11 is 0. The van der Waals surface area contributed by atoms with Crippen LogP contribution < -0.4 is 10.6 Å². The van der Waals surface area contributed by atoms with Gasteiger partial charge >= 0.3 is 0 Å². The summed E-state index contributed by atoms with van der Waals surface area (Å²) in [6.07, 6.45) is 5.49. The summed E-state index contributed by atoms with van der Waals surface area (Å²) in [4.78, 5) is 12.4. The molecule has 0 saturated carbocycles. The molecule has 0 radical (unpaired) electrons. The second-order valence-electron chi connectivity index (χ2n) is 4.94. The quantitative estimate of drug-likeness (QED) is 0.850. The summed E-state index contributed by atoms with van der Waals surface area (Å²) in [6, 6.07) is 0. The van der Waals surface area contributed by atoms with Crippen LogP contribution in [0.1, 0.15) is 38.8 Å². The van der Waals surface area contributed by atoms with Crippen molar-refractivity contribution in [3.63, 3.8) is 0 Å². The predicted molar refractivity (Wildman–Crippen MR) is 71.5 cm³/mol. The molecule has 1 amide bonds. The predicted octanol–water partition coefficient (Wildman–Crippen LogP) is 1.45. The molecule has 0 aliphatic carbocycles. The second kappa shape index (κ2) is 5.10. The number of rotatable bonds is 4. The molecule has 5 nitrogen and oxygen atoms in total. The second-order valence-corrected chi connectivity index (χ2v) is 4.94. The number of carbonyl (C=O) groups is 1. The Balaban J connectivity index is 2.15. The fraction of sp³-hybridized carbons (Fsp3) is 0.692. The summed E-state index contributed by atoms with van der Waals surface area (Å²) < 4.78 is 1.75. The summed E-state index contributed by atoms with van der Waals surface area (Å²) in [7, 11) is 1.87. The van der Waals surface area contributed by atoms with Gasteiger partial charge in [0.05, 0.1) is 16.9 Å². The summed E-state index contributed by atoms with van der Waals surface area (Å²) in [5.74, 6) is 0.0743. The van der Waals surface area contributed by atoms with Crippen molar-refractivity contribution in [2.45, 2.75) is 45.1 Å². The van der Waals surface area contributed by atoms with Crippen LogP contribution in [0.5, 0.6) is 0 Å². The van der Waals surface area contributed by atoms with Crippen LogP contribution >= 0.6 is 0 Å². The SMILES string of the molecule is CCc1nn(C)cc1NC(=O)C1(CC)CCCN1. The molecule has 18 heavy (non-hydrogen) atoms. The van der Waals surface area contributed by atoms with Crippen molar-refractivity contribution in [2.75, 3.05) is 11.9 Å². The van der Waals surface area contributed by atoms with Crippen LogP contribution in [0.25, 0.3) is 0 Å². The number of hydrogen-bond acceptors (Lipinski definition) is 3. The van der Waals surface area contributed by atoms with Gasteiger partial charge in [0.2, 0.25) is 5.91 Å². The fourth-order valence-corrected chi connectivity index (χ4v) is 2.60. The third kappa shape index (κ3) is 2.27. The van der Waals surface area contributed by atoms with E-state index in [1.54, 1.807) is 4.68 Å². The highest BCUT2D eigenvalue weighted by molar-refractivity contribution is 5.98. The Morgan fingerprint density at radius 2 is 2.39 bits per heavy atom. The number of amides is 1. The van der Waals surface area contributed by atoms with Crippen molar-refractivity contribution in [3.05, 3.63) is 11.9 Å². The molecule has 1 unspecified atom stereocenters. The van der Waals surface area contributed by atoms with Gasteiger partial charge in [-0.15, -0.1) is 0 Å².